The largest absolute Gasteiger partial charge is 0.493 e. The van der Waals surface area contributed by atoms with Crippen LogP contribution < -0.4 is 4.74 Å². The van der Waals surface area contributed by atoms with E-state index in [4.69, 9.17) is 14.3 Å². The van der Waals surface area contributed by atoms with E-state index in [-0.39, 0.29) is 6.42 Å². The van der Waals surface area contributed by atoms with Gasteiger partial charge in [-0.15, -0.1) is 0 Å². The highest BCUT2D eigenvalue weighted by Gasteiger charge is 2.08. The fourth-order valence-corrected chi connectivity index (χ4v) is 3.03. The molecule has 3 aromatic rings. The zero-order valence-electron chi connectivity index (χ0n) is 16.3. The molecule has 1 N–H and O–H groups in total. The van der Waals surface area contributed by atoms with Crippen molar-refractivity contribution in [2.45, 2.75) is 39.5 Å². The molecule has 3 rings (SSSR count). The van der Waals surface area contributed by atoms with Gasteiger partial charge in [0.1, 0.15) is 12.0 Å². The third-order valence-corrected chi connectivity index (χ3v) is 4.64. The topological polar surface area (TPSA) is 72.6 Å². The van der Waals surface area contributed by atoms with Crippen LogP contribution in [0.4, 0.5) is 0 Å². The smallest absolute Gasteiger partial charge is 0.303 e. The quantitative estimate of drug-likeness (QED) is 0.575. The third-order valence-electron chi connectivity index (χ3n) is 4.64. The van der Waals surface area contributed by atoms with Crippen molar-refractivity contribution in [2.24, 2.45) is 0 Å². The van der Waals surface area contributed by atoms with Crippen LogP contribution in [-0.4, -0.2) is 22.7 Å². The number of benzene rings is 2. The molecule has 5 nitrogen and oxygen atoms in total. The van der Waals surface area contributed by atoms with Crippen molar-refractivity contribution in [3.05, 3.63) is 71.1 Å². The minimum atomic E-state index is -0.778. The molecule has 0 saturated carbocycles. The first-order valence-corrected chi connectivity index (χ1v) is 9.53. The number of carboxylic acids is 1. The predicted molar refractivity (Wildman–Crippen MR) is 108 cm³/mol. The van der Waals surface area contributed by atoms with Crippen molar-refractivity contribution >= 4 is 5.97 Å². The van der Waals surface area contributed by atoms with Gasteiger partial charge in [-0.05, 0) is 55.2 Å². The summed E-state index contributed by atoms with van der Waals surface area (Å²) in [5.41, 5.74) is 5.20. The predicted octanol–water partition coefficient (Wildman–Crippen LogP) is 4.85. The van der Waals surface area contributed by atoms with E-state index in [2.05, 4.69) is 11.9 Å². The molecule has 0 fully saturated rings. The van der Waals surface area contributed by atoms with Gasteiger partial charge in [0.15, 0.2) is 0 Å². The van der Waals surface area contributed by atoms with E-state index < -0.39 is 5.97 Å². The highest BCUT2D eigenvalue weighted by Crippen LogP contribution is 2.21. The number of nitrogens with zero attached hydrogens (tertiary/aromatic N) is 1. The number of hydrogen-bond donors (Lipinski definition) is 1. The molecule has 0 aliphatic rings. The number of ether oxygens (including phenoxy) is 1. The molecular weight excluding hydrogens is 354 g/mol. The number of carbonyl (C=O) groups is 1. The lowest BCUT2D eigenvalue weighted by Crippen LogP contribution is -2.04. The van der Waals surface area contributed by atoms with Crippen molar-refractivity contribution in [2.75, 3.05) is 6.61 Å². The van der Waals surface area contributed by atoms with E-state index in [1.807, 2.05) is 49.4 Å². The van der Waals surface area contributed by atoms with Gasteiger partial charge in [0.2, 0.25) is 5.89 Å². The van der Waals surface area contributed by atoms with Gasteiger partial charge in [0.05, 0.1) is 12.3 Å². The molecule has 0 unspecified atom stereocenters. The lowest BCUT2D eigenvalue weighted by molar-refractivity contribution is -0.136. The average molecular weight is 379 g/mol. The maximum Gasteiger partial charge on any atom is 0.303 e. The highest BCUT2D eigenvalue weighted by molar-refractivity contribution is 5.67. The van der Waals surface area contributed by atoms with Crippen LogP contribution in [0.25, 0.3) is 11.5 Å². The molecule has 2 aromatic carbocycles. The highest BCUT2D eigenvalue weighted by atomic mass is 16.5. The molecule has 1 heterocycles. The molecule has 0 saturated heterocycles. The molecular formula is C23H25NO4. The number of carboxylic acid groups (broad SMARTS) is 1. The van der Waals surface area contributed by atoms with Gasteiger partial charge in [-0.1, -0.05) is 30.7 Å². The van der Waals surface area contributed by atoms with Gasteiger partial charge in [-0.3, -0.25) is 4.79 Å². The number of oxazole rings is 1. The van der Waals surface area contributed by atoms with Gasteiger partial charge in [-0.25, -0.2) is 4.98 Å². The molecule has 0 aliphatic carbocycles. The van der Waals surface area contributed by atoms with Gasteiger partial charge in [-0.2, -0.15) is 0 Å². The summed E-state index contributed by atoms with van der Waals surface area (Å²) in [6.07, 6.45) is 3.85. The SMILES string of the molecule is CCc1cc(OCCc2coc(-c3ccc(C)cc3)n2)ccc1CCC(=O)O. The van der Waals surface area contributed by atoms with Crippen LogP contribution in [0.5, 0.6) is 5.75 Å². The second-order valence-electron chi connectivity index (χ2n) is 6.79. The fraction of sp³-hybridized carbons (Fsp3) is 0.304. The third kappa shape index (κ3) is 5.22. The molecule has 0 aliphatic heterocycles. The van der Waals surface area contributed by atoms with Crippen LogP contribution in [0.1, 0.15) is 35.7 Å². The summed E-state index contributed by atoms with van der Waals surface area (Å²) in [6.45, 7) is 4.60. The zero-order chi connectivity index (χ0) is 19.9. The van der Waals surface area contributed by atoms with E-state index >= 15 is 0 Å². The van der Waals surface area contributed by atoms with Crippen molar-refractivity contribution in [3.8, 4) is 17.2 Å². The van der Waals surface area contributed by atoms with Crippen molar-refractivity contribution in [1.82, 2.24) is 4.98 Å². The van der Waals surface area contributed by atoms with Crippen molar-refractivity contribution in [1.29, 1.82) is 0 Å². The van der Waals surface area contributed by atoms with E-state index in [0.29, 0.717) is 25.3 Å². The summed E-state index contributed by atoms with van der Waals surface area (Å²) in [7, 11) is 0. The Morgan fingerprint density at radius 3 is 2.61 bits per heavy atom. The van der Waals surface area contributed by atoms with Crippen LogP contribution >= 0.6 is 0 Å². The number of hydrogen-bond acceptors (Lipinski definition) is 4. The summed E-state index contributed by atoms with van der Waals surface area (Å²) in [6, 6.07) is 13.9. The molecule has 0 spiro atoms. The Morgan fingerprint density at radius 2 is 1.89 bits per heavy atom. The Morgan fingerprint density at radius 1 is 1.11 bits per heavy atom. The molecule has 0 bridgehead atoms. The van der Waals surface area contributed by atoms with Crippen LogP contribution in [0.2, 0.25) is 0 Å². The van der Waals surface area contributed by atoms with E-state index in [0.717, 1.165) is 34.6 Å². The Hall–Kier alpha value is -3.08. The lowest BCUT2D eigenvalue weighted by atomic mass is 10.0. The maximum absolute atomic E-state index is 10.8. The minimum absolute atomic E-state index is 0.142. The number of aliphatic carboxylic acids is 1. The second-order valence-corrected chi connectivity index (χ2v) is 6.79. The summed E-state index contributed by atoms with van der Waals surface area (Å²) < 4.78 is 11.4. The van der Waals surface area contributed by atoms with Crippen LogP contribution in [0, 0.1) is 6.92 Å². The van der Waals surface area contributed by atoms with Crippen molar-refractivity contribution in [3.63, 3.8) is 0 Å². The molecule has 146 valence electrons. The first-order chi connectivity index (χ1) is 13.5. The average Bonchev–Trinajstić information content (AvgIpc) is 3.16. The number of aromatic nitrogens is 1. The first-order valence-electron chi connectivity index (χ1n) is 9.53. The Bertz CT molecular complexity index is 928. The monoisotopic (exact) mass is 379 g/mol. The summed E-state index contributed by atoms with van der Waals surface area (Å²) in [5.74, 6) is 0.629. The Kier molecular flexibility index (Phi) is 6.48. The van der Waals surface area contributed by atoms with Gasteiger partial charge in [0.25, 0.3) is 0 Å². The second kappa shape index (κ2) is 9.22. The van der Waals surface area contributed by atoms with E-state index in [1.165, 1.54) is 5.56 Å². The van der Waals surface area contributed by atoms with Gasteiger partial charge < -0.3 is 14.3 Å². The number of aryl methyl sites for hydroxylation is 3. The zero-order valence-corrected chi connectivity index (χ0v) is 16.3. The Balaban J connectivity index is 1.56. The lowest BCUT2D eigenvalue weighted by Gasteiger charge is -2.11. The first kappa shape index (κ1) is 19.7. The number of rotatable bonds is 9. The van der Waals surface area contributed by atoms with Gasteiger partial charge >= 0.3 is 5.97 Å². The summed E-state index contributed by atoms with van der Waals surface area (Å²) in [5, 5.41) is 8.87. The van der Waals surface area contributed by atoms with E-state index in [9.17, 15) is 4.79 Å². The molecule has 1 aromatic heterocycles. The Labute approximate surface area is 165 Å². The fourth-order valence-electron chi connectivity index (χ4n) is 3.03. The maximum atomic E-state index is 10.8. The summed E-state index contributed by atoms with van der Waals surface area (Å²) >= 11 is 0. The summed E-state index contributed by atoms with van der Waals surface area (Å²) in [4.78, 5) is 15.3. The molecule has 0 atom stereocenters. The van der Waals surface area contributed by atoms with Crippen LogP contribution in [0.3, 0.4) is 0 Å². The van der Waals surface area contributed by atoms with Crippen LogP contribution in [-0.2, 0) is 24.1 Å². The van der Waals surface area contributed by atoms with Crippen molar-refractivity contribution < 1.29 is 19.1 Å². The minimum Gasteiger partial charge on any atom is -0.493 e. The molecule has 0 radical (unpaired) electrons. The molecule has 28 heavy (non-hydrogen) atoms. The molecule has 5 heteroatoms. The molecule has 0 amide bonds. The normalized spacial score (nSPS) is 10.8. The standard InChI is InChI=1S/C23H25NO4/c1-3-17-14-21(10-8-18(17)9-11-22(25)26)27-13-12-20-15-28-23(24-20)19-6-4-16(2)5-7-19/h4-8,10,14-15H,3,9,11-13H2,1-2H3,(H,25,26). The van der Waals surface area contributed by atoms with Crippen LogP contribution in [0.15, 0.2) is 53.1 Å². The van der Waals surface area contributed by atoms with Gasteiger partial charge in [0, 0.05) is 18.4 Å². The van der Waals surface area contributed by atoms with E-state index in [1.54, 1.807) is 6.26 Å².